The Kier molecular flexibility index (Phi) is 5.56. The van der Waals surface area contributed by atoms with E-state index in [2.05, 4.69) is 25.6 Å². The van der Waals surface area contributed by atoms with Crippen LogP contribution in [0.2, 0.25) is 0 Å². The maximum Gasteiger partial charge on any atom is 0.320 e. The number of aliphatic hydroxyl groups is 1. The summed E-state index contributed by atoms with van der Waals surface area (Å²) in [6.45, 7) is 2.92. The number of alkyl halides is 1. The molecule has 1 fully saturated rings. The number of hydrogen-bond acceptors (Lipinski definition) is 4. The molecule has 88 valence electrons. The Hall–Kier alpha value is -0.130. The van der Waals surface area contributed by atoms with Crippen LogP contribution in [0.1, 0.15) is 12.8 Å². The lowest BCUT2D eigenvalue weighted by Crippen LogP contribution is -2.32. The van der Waals surface area contributed by atoms with Crippen molar-refractivity contribution in [1.82, 2.24) is 4.90 Å². The minimum Gasteiger partial charge on any atom is -0.468 e. The second kappa shape index (κ2) is 6.45. The Labute approximate surface area is 98.7 Å². The second-order valence-electron chi connectivity index (χ2n) is 3.92. The molecule has 0 spiro atoms. The molecule has 0 amide bonds. The topological polar surface area (TPSA) is 49.8 Å². The molecule has 4 nitrogen and oxygen atoms in total. The van der Waals surface area contributed by atoms with Crippen LogP contribution in [0.3, 0.4) is 0 Å². The lowest BCUT2D eigenvalue weighted by molar-refractivity contribution is -0.140. The van der Waals surface area contributed by atoms with Crippen LogP contribution in [-0.2, 0) is 9.53 Å². The Morgan fingerprint density at radius 2 is 2.47 bits per heavy atom. The largest absolute Gasteiger partial charge is 0.468 e. The summed E-state index contributed by atoms with van der Waals surface area (Å²) >= 11 is 3.31. The Balaban J connectivity index is 2.26. The van der Waals surface area contributed by atoms with E-state index in [0.717, 1.165) is 25.9 Å². The summed E-state index contributed by atoms with van der Waals surface area (Å²) in [4.78, 5) is 13.2. The third-order valence-electron chi connectivity index (χ3n) is 2.78. The van der Waals surface area contributed by atoms with Gasteiger partial charge < -0.3 is 14.7 Å². The number of rotatable bonds is 5. The van der Waals surface area contributed by atoms with E-state index < -0.39 is 0 Å². The molecule has 1 aliphatic heterocycles. The monoisotopic (exact) mass is 279 g/mol. The Morgan fingerprint density at radius 3 is 3.07 bits per heavy atom. The number of likely N-dealkylation sites (tertiary alicyclic amines) is 1. The second-order valence-corrected chi connectivity index (χ2v) is 5.02. The number of nitrogens with zero attached hydrogens (tertiary/aromatic N) is 1. The molecule has 5 heteroatoms. The minimum atomic E-state index is -0.240. The molecule has 0 bridgehead atoms. The summed E-state index contributed by atoms with van der Waals surface area (Å²) in [5.41, 5.74) is 0. The van der Waals surface area contributed by atoms with Gasteiger partial charge in [0.25, 0.3) is 0 Å². The van der Waals surface area contributed by atoms with Crippen LogP contribution < -0.4 is 0 Å². The van der Waals surface area contributed by atoms with Crippen LogP contribution in [0, 0.1) is 5.92 Å². The number of aliphatic hydroxyl groups excluding tert-OH is 1. The first kappa shape index (κ1) is 12.9. The fourth-order valence-electron chi connectivity index (χ4n) is 1.93. The zero-order chi connectivity index (χ0) is 11.3. The van der Waals surface area contributed by atoms with E-state index in [-0.39, 0.29) is 17.4 Å². The van der Waals surface area contributed by atoms with E-state index >= 15 is 0 Å². The van der Waals surface area contributed by atoms with Gasteiger partial charge in [-0.05, 0) is 25.3 Å². The zero-order valence-electron chi connectivity index (χ0n) is 8.99. The Bertz CT molecular complexity index is 213. The average molecular weight is 280 g/mol. The van der Waals surface area contributed by atoms with Crippen LogP contribution in [-0.4, -0.2) is 54.2 Å². The molecule has 1 rings (SSSR count). The van der Waals surface area contributed by atoms with Crippen LogP contribution in [0.4, 0.5) is 0 Å². The molecule has 0 radical (unpaired) electrons. The van der Waals surface area contributed by atoms with E-state index in [1.54, 1.807) is 0 Å². The van der Waals surface area contributed by atoms with E-state index in [1.807, 2.05) is 0 Å². The molecular formula is C10H18BrNO3. The predicted octanol–water partition coefficient (Wildman–Crippen LogP) is 0.627. The highest BCUT2D eigenvalue weighted by atomic mass is 79.9. The molecule has 0 aliphatic carbocycles. The van der Waals surface area contributed by atoms with E-state index in [1.165, 1.54) is 7.11 Å². The maximum atomic E-state index is 11.2. The van der Waals surface area contributed by atoms with Gasteiger partial charge in [0.15, 0.2) is 0 Å². The van der Waals surface area contributed by atoms with Gasteiger partial charge in [-0.15, -0.1) is 0 Å². The van der Waals surface area contributed by atoms with Gasteiger partial charge in [-0.2, -0.15) is 0 Å². The number of carbonyl (C=O) groups is 1. The van der Waals surface area contributed by atoms with Gasteiger partial charge >= 0.3 is 5.97 Å². The molecule has 1 saturated heterocycles. The molecule has 1 aliphatic rings. The summed E-state index contributed by atoms with van der Waals surface area (Å²) in [5.74, 6) is 0.355. The van der Waals surface area contributed by atoms with Crippen molar-refractivity contribution in [2.24, 2.45) is 5.92 Å². The van der Waals surface area contributed by atoms with E-state index in [9.17, 15) is 4.79 Å². The first-order chi connectivity index (χ1) is 7.17. The number of methoxy groups -OCH3 is 1. The van der Waals surface area contributed by atoms with Gasteiger partial charge in [0, 0.05) is 19.7 Å². The molecule has 0 aromatic heterocycles. The van der Waals surface area contributed by atoms with Gasteiger partial charge in [0.1, 0.15) is 4.83 Å². The standard InChI is InChI=1S/C10H18BrNO3/c1-15-10(14)9(11)7-12-4-2-8(6-12)3-5-13/h8-9,13H,2-7H2,1H3. The van der Waals surface area contributed by atoms with Gasteiger partial charge in [-0.25, -0.2) is 0 Å². The van der Waals surface area contributed by atoms with Crippen LogP contribution in [0.25, 0.3) is 0 Å². The summed E-state index contributed by atoms with van der Waals surface area (Å²) in [7, 11) is 1.40. The van der Waals surface area contributed by atoms with Crippen molar-refractivity contribution in [3.8, 4) is 0 Å². The maximum absolute atomic E-state index is 11.2. The fourth-order valence-corrected chi connectivity index (χ4v) is 2.52. The van der Waals surface area contributed by atoms with Crippen molar-refractivity contribution in [1.29, 1.82) is 0 Å². The smallest absolute Gasteiger partial charge is 0.320 e. The predicted molar refractivity (Wildman–Crippen MR) is 61.0 cm³/mol. The average Bonchev–Trinajstić information content (AvgIpc) is 2.65. The quantitative estimate of drug-likeness (QED) is 0.593. The first-order valence-electron chi connectivity index (χ1n) is 5.22. The van der Waals surface area contributed by atoms with E-state index in [0.29, 0.717) is 12.5 Å². The van der Waals surface area contributed by atoms with Crippen molar-refractivity contribution in [3.05, 3.63) is 0 Å². The number of hydrogen-bond donors (Lipinski definition) is 1. The summed E-state index contributed by atoms with van der Waals surface area (Å²) < 4.78 is 4.64. The normalized spacial score (nSPS) is 24.1. The summed E-state index contributed by atoms with van der Waals surface area (Å²) in [6, 6.07) is 0. The van der Waals surface area contributed by atoms with Gasteiger partial charge in [0.2, 0.25) is 0 Å². The van der Waals surface area contributed by atoms with Crippen molar-refractivity contribution in [2.45, 2.75) is 17.7 Å². The van der Waals surface area contributed by atoms with Gasteiger partial charge in [-0.1, -0.05) is 15.9 Å². The fraction of sp³-hybridized carbons (Fsp3) is 0.900. The lowest BCUT2D eigenvalue weighted by atomic mass is 10.1. The van der Waals surface area contributed by atoms with Crippen molar-refractivity contribution >= 4 is 21.9 Å². The minimum absolute atomic E-state index is 0.222. The molecular weight excluding hydrogens is 262 g/mol. The SMILES string of the molecule is COC(=O)C(Br)CN1CCC(CCO)C1. The molecule has 0 aromatic carbocycles. The molecule has 2 unspecified atom stereocenters. The van der Waals surface area contributed by atoms with Crippen molar-refractivity contribution in [3.63, 3.8) is 0 Å². The van der Waals surface area contributed by atoms with Gasteiger partial charge in [-0.3, -0.25) is 4.79 Å². The molecule has 0 aromatic rings. The highest BCUT2D eigenvalue weighted by molar-refractivity contribution is 9.10. The highest BCUT2D eigenvalue weighted by Gasteiger charge is 2.26. The third-order valence-corrected chi connectivity index (χ3v) is 3.45. The zero-order valence-corrected chi connectivity index (χ0v) is 10.6. The highest BCUT2D eigenvalue weighted by Crippen LogP contribution is 2.20. The van der Waals surface area contributed by atoms with Crippen LogP contribution >= 0.6 is 15.9 Å². The molecule has 1 N–H and O–H groups in total. The number of ether oxygens (including phenoxy) is 1. The summed E-state index contributed by atoms with van der Waals surface area (Å²) in [6.07, 6.45) is 1.98. The number of carbonyl (C=O) groups excluding carboxylic acids is 1. The molecule has 2 atom stereocenters. The van der Waals surface area contributed by atoms with Gasteiger partial charge in [0.05, 0.1) is 7.11 Å². The van der Waals surface area contributed by atoms with Crippen molar-refractivity contribution in [2.75, 3.05) is 33.4 Å². The summed E-state index contributed by atoms with van der Waals surface area (Å²) in [5, 5.41) is 8.82. The number of esters is 1. The molecule has 0 saturated carbocycles. The Morgan fingerprint density at radius 1 is 1.73 bits per heavy atom. The van der Waals surface area contributed by atoms with Crippen molar-refractivity contribution < 1.29 is 14.6 Å². The lowest BCUT2D eigenvalue weighted by Gasteiger charge is -2.18. The third kappa shape index (κ3) is 4.09. The van der Waals surface area contributed by atoms with Crippen LogP contribution in [0.5, 0.6) is 0 Å². The van der Waals surface area contributed by atoms with E-state index in [4.69, 9.17) is 5.11 Å². The molecule has 1 heterocycles. The number of halogens is 1. The molecule has 15 heavy (non-hydrogen) atoms. The van der Waals surface area contributed by atoms with Crippen LogP contribution in [0.15, 0.2) is 0 Å². The first-order valence-corrected chi connectivity index (χ1v) is 6.14.